The minimum Gasteiger partial charge on any atom is -0.480 e. The van der Waals surface area contributed by atoms with Crippen LogP contribution in [0.1, 0.15) is 51.7 Å². The van der Waals surface area contributed by atoms with Crippen molar-refractivity contribution in [1.82, 2.24) is 0 Å². The summed E-state index contributed by atoms with van der Waals surface area (Å²) in [5.74, 6) is -2.09. The Hall–Kier alpha value is -3.30. The number of rotatable bonds is 18. The summed E-state index contributed by atoms with van der Waals surface area (Å²) < 4.78 is 62.2. The van der Waals surface area contributed by atoms with E-state index in [9.17, 15) is 25.6 Å². The van der Waals surface area contributed by atoms with Crippen molar-refractivity contribution in [2.24, 2.45) is 22.9 Å². The number of carboxylic acid groups (broad SMARTS) is 1. The van der Waals surface area contributed by atoms with Gasteiger partial charge in [-0.2, -0.15) is 0 Å². The van der Waals surface area contributed by atoms with Gasteiger partial charge in [-0.1, -0.05) is 93.5 Å². The van der Waals surface area contributed by atoms with E-state index in [-0.39, 0.29) is 38.1 Å². The average Bonchev–Trinajstić information content (AvgIpc) is 3.26. The van der Waals surface area contributed by atoms with E-state index in [1.165, 1.54) is 0 Å². The van der Waals surface area contributed by atoms with Crippen LogP contribution in [0, 0.1) is 17.8 Å². The zero-order valence-corrected chi connectivity index (χ0v) is 34.4. The van der Waals surface area contributed by atoms with Crippen molar-refractivity contribution in [3.63, 3.8) is 0 Å². The maximum atomic E-state index is 11.9. The number of aliphatic carboxylic acids is 1. The number of hydrogen-bond donors (Lipinski definition) is 4. The second-order valence-electron chi connectivity index (χ2n) is 15.9. The van der Waals surface area contributed by atoms with Gasteiger partial charge in [0, 0.05) is 17.3 Å². The van der Waals surface area contributed by atoms with Gasteiger partial charge >= 0.3 is 5.97 Å². The first-order valence-corrected chi connectivity index (χ1v) is 20.7. The van der Waals surface area contributed by atoms with Crippen molar-refractivity contribution in [1.29, 1.82) is 0 Å². The van der Waals surface area contributed by atoms with Crippen LogP contribution in [-0.4, -0.2) is 139 Å². The molecule has 18 heteroatoms. The first-order chi connectivity index (χ1) is 29.0. The molecule has 6 rings (SSSR count). The van der Waals surface area contributed by atoms with Crippen molar-refractivity contribution in [2.75, 3.05) is 26.4 Å². The molecule has 0 aromatic heterocycles. The van der Waals surface area contributed by atoms with Gasteiger partial charge in [0.05, 0.1) is 63.5 Å². The molecule has 4 N–H and O–H groups in total. The highest BCUT2D eigenvalue weighted by molar-refractivity contribution is 5.68. The van der Waals surface area contributed by atoms with E-state index in [4.69, 9.17) is 52.5 Å². The lowest BCUT2D eigenvalue weighted by Crippen LogP contribution is -2.62. The predicted octanol–water partition coefficient (Wildman–Crippen LogP) is 3.68. The van der Waals surface area contributed by atoms with Crippen LogP contribution in [0.4, 0.5) is 0 Å². The van der Waals surface area contributed by atoms with Crippen molar-refractivity contribution in [3.8, 4) is 0 Å². The molecule has 0 spiro atoms. The Morgan fingerprint density at radius 2 is 1.38 bits per heavy atom. The van der Waals surface area contributed by atoms with Crippen LogP contribution in [-0.2, 0) is 65.4 Å². The first-order valence-electron chi connectivity index (χ1n) is 20.7. The third-order valence-corrected chi connectivity index (χ3v) is 11.9. The van der Waals surface area contributed by atoms with Gasteiger partial charge in [0.25, 0.3) is 0 Å². The Morgan fingerprint density at radius 1 is 0.750 bits per heavy atom. The second kappa shape index (κ2) is 22.2. The zero-order valence-electron chi connectivity index (χ0n) is 34.4. The van der Waals surface area contributed by atoms with Crippen molar-refractivity contribution in [2.45, 2.75) is 140 Å². The summed E-state index contributed by atoms with van der Waals surface area (Å²) in [5.41, 5.74) is 11.1. The Balaban J connectivity index is 1.14. The average molecular weight is 846 g/mol. The van der Waals surface area contributed by atoms with E-state index in [2.05, 4.69) is 10.0 Å². The number of carbonyl (C=O) groups is 1. The van der Waals surface area contributed by atoms with E-state index >= 15 is 0 Å². The lowest BCUT2D eigenvalue weighted by atomic mass is 9.83. The Bertz CT molecular complexity index is 1660. The van der Waals surface area contributed by atoms with Crippen LogP contribution in [0.3, 0.4) is 0 Å². The van der Waals surface area contributed by atoms with Crippen LogP contribution in [0.15, 0.2) is 65.8 Å². The molecular weight excluding hydrogens is 786 g/mol. The molecule has 18 nitrogen and oxygen atoms in total. The fourth-order valence-electron chi connectivity index (χ4n) is 8.11. The molecule has 2 aromatic carbocycles. The summed E-state index contributed by atoms with van der Waals surface area (Å²) >= 11 is 0. The summed E-state index contributed by atoms with van der Waals surface area (Å²) in [7, 11) is 0. The van der Waals surface area contributed by atoms with E-state index < -0.39 is 111 Å². The summed E-state index contributed by atoms with van der Waals surface area (Å²) in [6.07, 6.45) is -10.5. The molecule has 60 heavy (non-hydrogen) atoms. The molecule has 332 valence electrons. The molecule has 4 heterocycles. The molecule has 0 amide bonds. The molecule has 17 atom stereocenters. The summed E-state index contributed by atoms with van der Waals surface area (Å²) in [6.45, 7) is 7.09. The SMILES string of the molecule is CCC1O[C@H](O[C@@H]2CO[C@@H](OCC(=O)O)C[C@@H]2OCc2ccccc2)C(C)[C@@H](C)[C@@H]1O[C@@H]1OC[C@@H](O[C@@H]2OC(CO)[C@@H](O)[C@H](C)C2N=[N+]=[N-])[C@@H](OCc2ccccc2)C1O. The number of nitrogens with zero attached hydrogens (tertiary/aromatic N) is 3. The molecule has 0 saturated carbocycles. The fourth-order valence-corrected chi connectivity index (χ4v) is 8.11. The molecule has 0 radical (unpaired) electrons. The molecule has 4 aliphatic heterocycles. The molecule has 4 aliphatic rings. The molecule has 5 unspecified atom stereocenters. The normalized spacial score (nSPS) is 38.5. The van der Waals surface area contributed by atoms with Gasteiger partial charge in [-0.25, -0.2) is 4.79 Å². The van der Waals surface area contributed by atoms with E-state index in [1.807, 2.05) is 81.4 Å². The minimum absolute atomic E-state index is 0.0901. The van der Waals surface area contributed by atoms with E-state index in [0.717, 1.165) is 11.1 Å². The maximum absolute atomic E-state index is 11.9. The highest BCUT2D eigenvalue weighted by Gasteiger charge is 2.51. The molecule has 4 saturated heterocycles. The topological polar surface area (TPSA) is 239 Å². The lowest BCUT2D eigenvalue weighted by Gasteiger charge is -2.49. The maximum Gasteiger partial charge on any atom is 0.329 e. The van der Waals surface area contributed by atoms with Gasteiger partial charge in [0.15, 0.2) is 25.2 Å². The number of benzene rings is 2. The Morgan fingerprint density at radius 3 is 2.02 bits per heavy atom. The van der Waals surface area contributed by atoms with Gasteiger partial charge in [-0.05, 0) is 34.9 Å². The van der Waals surface area contributed by atoms with Crippen LogP contribution in [0.25, 0.3) is 10.4 Å². The fraction of sp³-hybridized carbons (Fsp3) is 0.690. The number of ether oxygens (including phenoxy) is 10. The number of hydrogen-bond acceptors (Lipinski definition) is 15. The van der Waals surface area contributed by atoms with Gasteiger partial charge in [-0.15, -0.1) is 0 Å². The highest BCUT2D eigenvalue weighted by atomic mass is 16.8. The van der Waals surface area contributed by atoms with Crippen LogP contribution >= 0.6 is 0 Å². The minimum atomic E-state index is -1.36. The molecular formula is C42H59N3O15. The Kier molecular flexibility index (Phi) is 17.1. The number of azide groups is 1. The van der Waals surface area contributed by atoms with E-state index in [1.54, 1.807) is 6.92 Å². The van der Waals surface area contributed by atoms with Crippen molar-refractivity contribution in [3.05, 3.63) is 82.2 Å². The smallest absolute Gasteiger partial charge is 0.329 e. The quantitative estimate of drug-likeness (QED) is 0.0951. The number of aliphatic hydroxyl groups excluding tert-OH is 3. The Labute approximate surface area is 349 Å². The first kappa shape index (κ1) is 46.2. The highest BCUT2D eigenvalue weighted by Crippen LogP contribution is 2.39. The number of aliphatic hydroxyl groups is 3. The van der Waals surface area contributed by atoms with Gasteiger partial charge in [0.1, 0.15) is 37.1 Å². The van der Waals surface area contributed by atoms with E-state index in [0.29, 0.717) is 13.0 Å². The third-order valence-electron chi connectivity index (χ3n) is 11.9. The van der Waals surface area contributed by atoms with Gasteiger partial charge in [0.2, 0.25) is 0 Å². The summed E-state index contributed by atoms with van der Waals surface area (Å²) in [6, 6.07) is 18.2. The predicted molar refractivity (Wildman–Crippen MR) is 209 cm³/mol. The zero-order chi connectivity index (χ0) is 42.8. The molecule has 0 bridgehead atoms. The molecule has 0 aliphatic carbocycles. The number of carboxylic acids is 1. The van der Waals surface area contributed by atoms with Crippen LogP contribution in [0.2, 0.25) is 0 Å². The largest absolute Gasteiger partial charge is 0.480 e. The van der Waals surface area contributed by atoms with Crippen molar-refractivity contribution >= 4 is 5.97 Å². The monoisotopic (exact) mass is 845 g/mol. The van der Waals surface area contributed by atoms with Gasteiger partial charge < -0.3 is 67.8 Å². The standard InChI is InChI=1S/C42H59N3O15/c1-5-28-38(23(2)24(3)40(56-28)58-31-20-52-34(53-22-33(47)48)16-29(31)51-18-26-12-8-6-9-13-26)60-42-37(50)39(54-19-27-14-10-7-11-15-27)32(21-55-42)59-41-35(44-45-43)25(4)36(49)30(17-46)57-41/h6-15,23-25,28-32,34-42,46,49-50H,5,16-22H2,1-4H3,(H,47,48)/t23-,24?,25-,28?,29+,30?,31-,32-,34+,35?,36+,37?,38+,39-,40-,41+,42+/m1/s1. The summed E-state index contributed by atoms with van der Waals surface area (Å²) in [5, 5.41) is 45.5. The molecule has 4 fully saturated rings. The van der Waals surface area contributed by atoms with Crippen LogP contribution in [0.5, 0.6) is 0 Å². The second-order valence-corrected chi connectivity index (χ2v) is 15.9. The van der Waals surface area contributed by atoms with Gasteiger partial charge in [-0.3, -0.25) is 0 Å². The van der Waals surface area contributed by atoms with Crippen LogP contribution < -0.4 is 0 Å². The summed E-state index contributed by atoms with van der Waals surface area (Å²) in [4.78, 5) is 14.1. The third kappa shape index (κ3) is 11.6. The lowest BCUT2D eigenvalue weighted by molar-refractivity contribution is -0.357. The molecule has 2 aromatic rings. The van der Waals surface area contributed by atoms with Crippen molar-refractivity contribution < 1.29 is 72.6 Å².